The maximum atomic E-state index is 12.3. The molecule has 3 rings (SSSR count). The fourth-order valence-electron chi connectivity index (χ4n) is 3.11. The lowest BCUT2D eigenvalue weighted by molar-refractivity contribution is -0.132. The Morgan fingerprint density at radius 3 is 2.64 bits per heavy atom. The van der Waals surface area contributed by atoms with Crippen molar-refractivity contribution >= 4 is 17.7 Å². The number of piperidine rings is 1. The zero-order valence-electron chi connectivity index (χ0n) is 15.0. The van der Waals surface area contributed by atoms with Crippen LogP contribution in [0.5, 0.6) is 0 Å². The van der Waals surface area contributed by atoms with E-state index in [-0.39, 0.29) is 0 Å². The Morgan fingerprint density at radius 1 is 1.20 bits per heavy atom. The molecule has 0 radical (unpaired) electrons. The second-order valence-electron chi connectivity index (χ2n) is 6.72. The van der Waals surface area contributed by atoms with Gasteiger partial charge in [-0.2, -0.15) is 0 Å². The third kappa shape index (κ3) is 4.63. The first-order valence-electron chi connectivity index (χ1n) is 9.03. The van der Waals surface area contributed by atoms with E-state index in [2.05, 4.69) is 33.8 Å². The predicted molar refractivity (Wildman–Crippen MR) is 101 cm³/mol. The smallest absolute Gasteiger partial charge is 0.222 e. The lowest BCUT2D eigenvalue weighted by Gasteiger charge is -2.30. The quantitative estimate of drug-likeness (QED) is 0.583. The number of carbonyl (C=O) groups excluding carboxylic acids is 1. The number of amides is 1. The molecule has 1 fully saturated rings. The summed E-state index contributed by atoms with van der Waals surface area (Å²) in [4.78, 5) is 14.3. The Labute approximate surface area is 153 Å². The van der Waals surface area contributed by atoms with Crippen molar-refractivity contribution in [2.75, 3.05) is 18.8 Å². The molecule has 1 aliphatic rings. The van der Waals surface area contributed by atoms with Crippen molar-refractivity contribution in [3.63, 3.8) is 0 Å². The molecule has 1 aliphatic heterocycles. The minimum atomic E-state index is 0.299. The topological polar surface area (TPSA) is 51.0 Å². The lowest BCUT2D eigenvalue weighted by Crippen LogP contribution is -2.37. The zero-order chi connectivity index (χ0) is 17.6. The number of para-hydroxylation sites is 1. The van der Waals surface area contributed by atoms with Gasteiger partial charge in [0.25, 0.3) is 0 Å². The molecule has 0 aliphatic carbocycles. The van der Waals surface area contributed by atoms with Crippen LogP contribution in [-0.4, -0.2) is 44.4 Å². The highest BCUT2D eigenvalue weighted by atomic mass is 32.2. The van der Waals surface area contributed by atoms with E-state index in [1.165, 1.54) is 0 Å². The summed E-state index contributed by atoms with van der Waals surface area (Å²) >= 11 is 1.67. The van der Waals surface area contributed by atoms with Gasteiger partial charge in [-0.25, -0.2) is 0 Å². The van der Waals surface area contributed by atoms with Crippen LogP contribution < -0.4 is 0 Å². The molecule has 0 saturated carbocycles. The molecule has 0 spiro atoms. The van der Waals surface area contributed by atoms with Gasteiger partial charge in [0, 0.05) is 31.0 Å². The molecule has 1 aromatic carbocycles. The van der Waals surface area contributed by atoms with Gasteiger partial charge < -0.3 is 4.90 Å². The molecule has 0 bridgehead atoms. The molecule has 2 aromatic rings. The van der Waals surface area contributed by atoms with Crippen molar-refractivity contribution < 1.29 is 4.79 Å². The van der Waals surface area contributed by atoms with Gasteiger partial charge in [-0.15, -0.1) is 10.2 Å². The number of hydrogen-bond acceptors (Lipinski definition) is 4. The van der Waals surface area contributed by atoms with Crippen LogP contribution in [0.25, 0.3) is 5.69 Å². The number of hydrogen-bond donors (Lipinski definition) is 0. The van der Waals surface area contributed by atoms with Crippen molar-refractivity contribution in [1.82, 2.24) is 19.7 Å². The number of aromatic nitrogens is 3. The average Bonchev–Trinajstić information content (AvgIpc) is 3.00. The Hall–Kier alpha value is -1.82. The van der Waals surface area contributed by atoms with Gasteiger partial charge in [0.15, 0.2) is 5.16 Å². The van der Waals surface area contributed by atoms with Crippen molar-refractivity contribution in [3.8, 4) is 5.69 Å². The molecule has 1 amide bonds. The second-order valence-corrected chi connectivity index (χ2v) is 7.78. The molecule has 5 nitrogen and oxygen atoms in total. The van der Waals surface area contributed by atoms with Crippen LogP contribution in [-0.2, 0) is 4.79 Å². The molecule has 1 aromatic heterocycles. The highest BCUT2D eigenvalue weighted by molar-refractivity contribution is 7.99. The second kappa shape index (κ2) is 8.52. The first-order valence-corrected chi connectivity index (χ1v) is 10.0. The maximum absolute atomic E-state index is 12.3. The SMILES string of the molecule is Cc1nnc(SCCCC(=O)N2CCC(C)CC2)n1-c1ccccc1. The predicted octanol–water partition coefficient (Wildman–Crippen LogP) is 3.71. The zero-order valence-corrected chi connectivity index (χ0v) is 15.8. The van der Waals surface area contributed by atoms with E-state index in [1.54, 1.807) is 11.8 Å². The van der Waals surface area contributed by atoms with Gasteiger partial charge >= 0.3 is 0 Å². The summed E-state index contributed by atoms with van der Waals surface area (Å²) in [5, 5.41) is 9.38. The highest BCUT2D eigenvalue weighted by Crippen LogP contribution is 2.23. The largest absolute Gasteiger partial charge is 0.343 e. The summed E-state index contributed by atoms with van der Waals surface area (Å²) in [6.07, 6.45) is 3.77. The fourth-order valence-corrected chi connectivity index (χ4v) is 4.05. The normalized spacial score (nSPS) is 15.5. The molecular weight excluding hydrogens is 332 g/mol. The van der Waals surface area contributed by atoms with Crippen LogP contribution in [0.2, 0.25) is 0 Å². The van der Waals surface area contributed by atoms with Gasteiger partial charge in [-0.3, -0.25) is 9.36 Å². The van der Waals surface area contributed by atoms with E-state index in [1.807, 2.05) is 30.0 Å². The average molecular weight is 359 g/mol. The standard InChI is InChI=1S/C19H26N4OS/c1-15-10-12-22(13-11-15)18(24)9-6-14-25-19-21-20-16(2)23(19)17-7-4-3-5-8-17/h3-5,7-8,15H,6,9-14H2,1-2H3. The van der Waals surface area contributed by atoms with Crippen molar-refractivity contribution in [2.24, 2.45) is 5.92 Å². The molecule has 0 N–H and O–H groups in total. The van der Waals surface area contributed by atoms with Gasteiger partial charge in [-0.1, -0.05) is 36.9 Å². The summed E-state index contributed by atoms with van der Waals surface area (Å²) in [7, 11) is 0. The van der Waals surface area contributed by atoms with E-state index < -0.39 is 0 Å². The summed E-state index contributed by atoms with van der Waals surface area (Å²) in [6, 6.07) is 10.1. The highest BCUT2D eigenvalue weighted by Gasteiger charge is 2.19. The molecule has 25 heavy (non-hydrogen) atoms. The van der Waals surface area contributed by atoms with Crippen LogP contribution in [0.1, 0.15) is 38.4 Å². The summed E-state index contributed by atoms with van der Waals surface area (Å²) < 4.78 is 2.07. The van der Waals surface area contributed by atoms with E-state index in [4.69, 9.17) is 0 Å². The van der Waals surface area contributed by atoms with Crippen LogP contribution in [0.15, 0.2) is 35.5 Å². The first-order chi connectivity index (χ1) is 12.1. The van der Waals surface area contributed by atoms with Gasteiger partial charge in [-0.05, 0) is 44.2 Å². The van der Waals surface area contributed by atoms with E-state index >= 15 is 0 Å². The molecule has 1 saturated heterocycles. The van der Waals surface area contributed by atoms with Crippen LogP contribution >= 0.6 is 11.8 Å². The Bertz CT molecular complexity index is 693. The van der Waals surface area contributed by atoms with E-state index in [0.717, 1.165) is 60.7 Å². The number of aryl methyl sites for hydroxylation is 1. The van der Waals surface area contributed by atoms with Gasteiger partial charge in [0.2, 0.25) is 5.91 Å². The van der Waals surface area contributed by atoms with Crippen molar-refractivity contribution in [3.05, 3.63) is 36.2 Å². The third-order valence-corrected chi connectivity index (χ3v) is 5.73. The number of rotatable bonds is 6. The Kier molecular flexibility index (Phi) is 6.13. The summed E-state index contributed by atoms with van der Waals surface area (Å²) in [5.74, 6) is 2.81. The van der Waals surface area contributed by atoms with Gasteiger partial charge in [0.05, 0.1) is 0 Å². The van der Waals surface area contributed by atoms with Crippen molar-refractivity contribution in [1.29, 1.82) is 0 Å². The number of nitrogens with zero attached hydrogens (tertiary/aromatic N) is 4. The molecular formula is C19H26N4OS. The molecule has 0 atom stereocenters. The summed E-state index contributed by atoms with van der Waals surface area (Å²) in [5.41, 5.74) is 1.08. The van der Waals surface area contributed by atoms with Crippen LogP contribution in [0, 0.1) is 12.8 Å². The van der Waals surface area contributed by atoms with Crippen LogP contribution in [0.4, 0.5) is 0 Å². The van der Waals surface area contributed by atoms with Crippen LogP contribution in [0.3, 0.4) is 0 Å². The number of likely N-dealkylation sites (tertiary alicyclic amines) is 1. The number of thioether (sulfide) groups is 1. The first kappa shape index (κ1) is 18.0. The number of benzene rings is 1. The number of carbonyl (C=O) groups is 1. The maximum Gasteiger partial charge on any atom is 0.222 e. The third-order valence-electron chi connectivity index (χ3n) is 4.71. The van der Waals surface area contributed by atoms with E-state index in [0.29, 0.717) is 12.3 Å². The minimum Gasteiger partial charge on any atom is -0.343 e. The molecule has 134 valence electrons. The fraction of sp³-hybridized carbons (Fsp3) is 0.526. The Balaban J connectivity index is 1.49. The van der Waals surface area contributed by atoms with E-state index in [9.17, 15) is 4.79 Å². The molecule has 2 heterocycles. The molecule has 0 unspecified atom stereocenters. The monoisotopic (exact) mass is 358 g/mol. The molecule has 6 heteroatoms. The minimum absolute atomic E-state index is 0.299. The lowest BCUT2D eigenvalue weighted by atomic mass is 9.99. The van der Waals surface area contributed by atoms with Crippen molar-refractivity contribution in [2.45, 2.75) is 44.7 Å². The Morgan fingerprint density at radius 2 is 1.92 bits per heavy atom. The van der Waals surface area contributed by atoms with Gasteiger partial charge in [0.1, 0.15) is 5.82 Å². The summed E-state index contributed by atoms with van der Waals surface area (Å²) in [6.45, 7) is 6.08.